The van der Waals surface area contributed by atoms with Gasteiger partial charge in [0.1, 0.15) is 5.75 Å². The molecule has 7 nitrogen and oxygen atoms in total. The van der Waals surface area contributed by atoms with Crippen molar-refractivity contribution in [1.29, 1.82) is 0 Å². The molecule has 1 unspecified atom stereocenters. The molecule has 0 heterocycles. The van der Waals surface area contributed by atoms with Crippen molar-refractivity contribution in [2.45, 2.75) is 6.92 Å². The summed E-state index contributed by atoms with van der Waals surface area (Å²) in [6, 6.07) is 18.9. The zero-order valence-corrected chi connectivity index (χ0v) is 15.7. The van der Waals surface area contributed by atoms with Crippen molar-refractivity contribution in [3.05, 3.63) is 66.7 Å². The molecule has 0 spiro atoms. The Balaban J connectivity index is 0.000000195. The van der Waals surface area contributed by atoms with E-state index in [-0.39, 0.29) is 10.3 Å². The minimum absolute atomic E-state index is 0.0399. The van der Waals surface area contributed by atoms with E-state index < -0.39 is 14.2 Å². The Hall–Kier alpha value is -2.57. The van der Waals surface area contributed by atoms with Gasteiger partial charge in [-0.25, -0.2) is 0 Å². The first-order chi connectivity index (χ1) is 12.3. The molecule has 0 aliphatic heterocycles. The number of benzene rings is 3. The maximum Gasteiger partial charge on any atom is 0.123 e. The molecular formula is C18H18AsNO6. The number of hydrogen-bond acceptors (Lipinski definition) is 5. The van der Waals surface area contributed by atoms with Gasteiger partial charge in [0.25, 0.3) is 0 Å². The van der Waals surface area contributed by atoms with E-state index in [1.54, 1.807) is 12.1 Å². The molecule has 0 aliphatic carbocycles. The molecule has 1 amide bonds. The number of carbonyl (C=O) groups is 1. The van der Waals surface area contributed by atoms with Gasteiger partial charge in [-0.15, -0.1) is 0 Å². The van der Waals surface area contributed by atoms with E-state index in [4.69, 9.17) is 5.26 Å². The van der Waals surface area contributed by atoms with E-state index in [9.17, 15) is 17.7 Å². The van der Waals surface area contributed by atoms with Crippen LogP contribution in [0.1, 0.15) is 6.92 Å². The van der Waals surface area contributed by atoms with Crippen LogP contribution < -0.4 is 9.67 Å². The summed E-state index contributed by atoms with van der Waals surface area (Å²) in [5, 5.41) is 22.0. The second-order valence-corrected chi connectivity index (χ2v) is 8.94. The zero-order chi connectivity index (χ0) is 19.2. The molecule has 1 atom stereocenters. The number of nitrogens with one attached hydrogen (secondary N) is 1. The Morgan fingerprint density at radius 1 is 1.04 bits per heavy atom. The fourth-order valence-corrected chi connectivity index (χ4v) is 3.63. The molecule has 0 aliphatic rings. The van der Waals surface area contributed by atoms with Crippen LogP contribution >= 0.6 is 0 Å². The van der Waals surface area contributed by atoms with Gasteiger partial charge in [-0.1, -0.05) is 36.4 Å². The summed E-state index contributed by atoms with van der Waals surface area (Å²) in [5.74, 6) is 0.0558. The van der Waals surface area contributed by atoms with E-state index in [0.717, 1.165) is 10.8 Å². The summed E-state index contributed by atoms with van der Waals surface area (Å²) >= 11 is -4.83. The minimum Gasteiger partial charge on any atom is -0.507 e. The van der Waals surface area contributed by atoms with Crippen molar-refractivity contribution in [3.63, 3.8) is 0 Å². The van der Waals surface area contributed by atoms with Gasteiger partial charge in [0.15, 0.2) is 0 Å². The van der Waals surface area contributed by atoms with Gasteiger partial charge in [0.05, 0.1) is 0 Å². The van der Waals surface area contributed by atoms with Gasteiger partial charge >= 0.3 is 88.4 Å². The summed E-state index contributed by atoms with van der Waals surface area (Å²) in [7, 11) is 0. The Bertz CT molecular complexity index is 954. The first-order valence-corrected chi connectivity index (χ1v) is 10.9. The number of hydrogen-bond donors (Lipinski definition) is 4. The second-order valence-electron chi connectivity index (χ2n) is 5.33. The molecule has 0 saturated carbocycles. The van der Waals surface area contributed by atoms with Gasteiger partial charge in [-0.3, -0.25) is 0 Å². The molecule has 0 saturated heterocycles. The van der Waals surface area contributed by atoms with E-state index in [1.807, 2.05) is 36.4 Å². The largest absolute Gasteiger partial charge is 0.507 e. The fraction of sp³-hybridized carbons (Fsp3) is 0.0556. The number of carbonyl (C=O) groups excluding carboxylic acids is 1. The third kappa shape index (κ3) is 5.21. The van der Waals surface area contributed by atoms with Crippen molar-refractivity contribution in [2.75, 3.05) is 5.32 Å². The van der Waals surface area contributed by atoms with Gasteiger partial charge in [0, 0.05) is 5.39 Å². The van der Waals surface area contributed by atoms with Crippen LogP contribution in [0.25, 0.3) is 10.8 Å². The van der Waals surface area contributed by atoms with Gasteiger partial charge < -0.3 is 5.11 Å². The van der Waals surface area contributed by atoms with Crippen molar-refractivity contribution < 1.29 is 26.9 Å². The molecule has 8 heteroatoms. The minimum atomic E-state index is -4.83. The predicted molar refractivity (Wildman–Crippen MR) is 98.4 cm³/mol. The molecule has 136 valence electrons. The third-order valence-electron chi connectivity index (χ3n) is 3.37. The third-order valence-corrected chi connectivity index (χ3v) is 5.79. The average Bonchev–Trinajstić information content (AvgIpc) is 2.62. The molecule has 0 aromatic heterocycles. The molecule has 0 radical (unpaired) electrons. The van der Waals surface area contributed by atoms with Crippen LogP contribution in [0.3, 0.4) is 0 Å². The Labute approximate surface area is 152 Å². The number of aromatic hydroxyl groups is 1. The van der Waals surface area contributed by atoms with Crippen molar-refractivity contribution in [2.24, 2.45) is 0 Å². The zero-order valence-electron chi connectivity index (χ0n) is 13.9. The predicted octanol–water partition coefficient (Wildman–Crippen LogP) is 2.25. The van der Waals surface area contributed by atoms with Gasteiger partial charge in [-0.05, 0) is 11.5 Å². The van der Waals surface area contributed by atoms with Crippen LogP contribution in [0.15, 0.2) is 66.7 Å². The average molecular weight is 419 g/mol. The maximum absolute atomic E-state index is 11.3. The number of rotatable bonds is 3. The molecule has 4 N–H and O–H groups in total. The number of amides is 1. The molecule has 3 rings (SSSR count). The second kappa shape index (κ2) is 8.69. The molecule has 0 bridgehead atoms. The van der Waals surface area contributed by atoms with Crippen molar-refractivity contribution in [3.8, 4) is 5.75 Å². The summed E-state index contributed by atoms with van der Waals surface area (Å²) in [6.07, 6.45) is 0. The Morgan fingerprint density at radius 3 is 2.35 bits per heavy atom. The molecular weight excluding hydrogens is 401 g/mol. The van der Waals surface area contributed by atoms with E-state index in [1.165, 1.54) is 25.1 Å². The topological polar surface area (TPSA) is 116 Å². The van der Waals surface area contributed by atoms with Crippen molar-refractivity contribution in [1.82, 2.24) is 0 Å². The van der Waals surface area contributed by atoms with Crippen LogP contribution in [-0.4, -0.2) is 34.5 Å². The van der Waals surface area contributed by atoms with Crippen LogP contribution in [0.4, 0.5) is 5.69 Å². The summed E-state index contributed by atoms with van der Waals surface area (Å²) in [5.41, 5.74) is 0.368. The maximum atomic E-state index is 11.3. The smallest absolute Gasteiger partial charge is 0.123 e. The number of anilines is 1. The monoisotopic (exact) mass is 419 g/mol. The SMILES string of the molecule is CC(=O)Nc1cccc([As](=O)(O)OO)c1.Oc1cccc2ccccc12. The molecule has 3 aromatic carbocycles. The Morgan fingerprint density at radius 2 is 1.69 bits per heavy atom. The van der Waals surface area contributed by atoms with Crippen LogP contribution in [-0.2, 0) is 12.4 Å². The molecule has 26 heavy (non-hydrogen) atoms. The summed E-state index contributed by atoms with van der Waals surface area (Å²) in [4.78, 5) is 10.7. The molecule has 0 fully saturated rings. The van der Waals surface area contributed by atoms with Gasteiger partial charge in [-0.2, -0.15) is 0 Å². The van der Waals surface area contributed by atoms with Crippen LogP contribution in [0, 0.1) is 0 Å². The standard InChI is InChI=1S/C10H8O.C8H10AsNO5/c11-10-7-3-5-8-4-1-2-6-9(8)10;1-6(11)10-8-4-2-3-7(5-8)9(12,13)15-14/h1-7,11H;2-5,14H,1H3,(H,10,11)(H,12,13). The van der Waals surface area contributed by atoms with E-state index in [0.29, 0.717) is 11.4 Å². The first-order valence-electron chi connectivity index (χ1n) is 7.54. The normalized spacial score (nSPS) is 12.6. The number of fused-ring (bicyclic) bond motifs is 1. The number of phenols is 1. The van der Waals surface area contributed by atoms with Crippen LogP contribution in [0.5, 0.6) is 5.75 Å². The fourth-order valence-electron chi connectivity index (χ4n) is 2.22. The quantitative estimate of drug-likeness (QED) is 0.294. The molecule has 3 aromatic rings. The first kappa shape index (κ1) is 19.7. The summed E-state index contributed by atoms with van der Waals surface area (Å²) in [6.45, 7) is 1.32. The Kier molecular flexibility index (Phi) is 6.60. The van der Waals surface area contributed by atoms with Gasteiger partial charge in [0.2, 0.25) is 0 Å². The van der Waals surface area contributed by atoms with E-state index in [2.05, 4.69) is 9.19 Å². The van der Waals surface area contributed by atoms with Crippen LogP contribution in [0.2, 0.25) is 0 Å². The van der Waals surface area contributed by atoms with E-state index >= 15 is 0 Å². The number of phenolic OH excluding ortho intramolecular Hbond substituents is 1. The van der Waals surface area contributed by atoms with Crippen molar-refractivity contribution >= 4 is 40.9 Å². The summed E-state index contributed by atoms with van der Waals surface area (Å²) < 4.78 is 23.9.